The molecule has 0 aromatic carbocycles. The predicted molar refractivity (Wildman–Crippen MR) is 133 cm³/mol. The fourth-order valence-corrected chi connectivity index (χ4v) is 9.72. The minimum atomic E-state index is -0.130. The molecule has 4 aliphatic rings. The zero-order valence-electron chi connectivity index (χ0n) is 22.1. The molecule has 0 aliphatic heterocycles. The standard InChI is InChI=1S/C30H52O/c1-20(2)10-9-11-21(3)22-14-18-30(8)24-12-13-25-27(4,5)26(31)16-17-28(25,6)23(24)15-19-29(22,30)7/h15,20-22,24-26,31H,9-14,16-19H2,1-8H3/t21-,22?,24?,25+,26+,28-,29-,30+/m1/s1. The van der Waals surface area contributed by atoms with Crippen LogP contribution in [0, 0.1) is 51.2 Å². The van der Waals surface area contributed by atoms with Crippen LogP contribution in [0.25, 0.3) is 0 Å². The van der Waals surface area contributed by atoms with Gasteiger partial charge in [0.15, 0.2) is 0 Å². The average molecular weight is 429 g/mol. The molecule has 0 spiro atoms. The lowest BCUT2D eigenvalue weighted by Gasteiger charge is -2.64. The third kappa shape index (κ3) is 3.41. The van der Waals surface area contributed by atoms with E-state index in [1.165, 1.54) is 57.8 Å². The Hall–Kier alpha value is -0.300. The molecule has 3 fully saturated rings. The summed E-state index contributed by atoms with van der Waals surface area (Å²) in [7, 11) is 0. The number of fused-ring (bicyclic) bond motifs is 5. The minimum Gasteiger partial charge on any atom is -0.393 e. The van der Waals surface area contributed by atoms with Gasteiger partial charge < -0.3 is 5.11 Å². The lowest BCUT2D eigenvalue weighted by atomic mass is 9.41. The molecule has 0 aromatic heterocycles. The Morgan fingerprint density at radius 1 is 0.903 bits per heavy atom. The van der Waals surface area contributed by atoms with Crippen molar-refractivity contribution in [3.63, 3.8) is 0 Å². The normalized spacial score (nSPS) is 47.4. The van der Waals surface area contributed by atoms with E-state index in [4.69, 9.17) is 0 Å². The van der Waals surface area contributed by atoms with Crippen molar-refractivity contribution in [1.29, 1.82) is 0 Å². The van der Waals surface area contributed by atoms with Gasteiger partial charge in [0.25, 0.3) is 0 Å². The van der Waals surface area contributed by atoms with Gasteiger partial charge in [-0.1, -0.05) is 86.3 Å². The van der Waals surface area contributed by atoms with Gasteiger partial charge >= 0.3 is 0 Å². The Labute approximate surface area is 193 Å². The zero-order valence-corrected chi connectivity index (χ0v) is 22.1. The molecule has 0 bridgehead atoms. The molecule has 31 heavy (non-hydrogen) atoms. The van der Waals surface area contributed by atoms with Gasteiger partial charge in [-0.2, -0.15) is 0 Å². The van der Waals surface area contributed by atoms with Crippen LogP contribution >= 0.6 is 0 Å². The summed E-state index contributed by atoms with van der Waals surface area (Å²) < 4.78 is 0. The second-order valence-electron chi connectivity index (χ2n) is 14.1. The highest BCUT2D eigenvalue weighted by Gasteiger charge is 2.65. The molecular weight excluding hydrogens is 376 g/mol. The van der Waals surface area contributed by atoms with Crippen LogP contribution in [0.4, 0.5) is 0 Å². The first-order valence-corrected chi connectivity index (χ1v) is 13.8. The first-order valence-electron chi connectivity index (χ1n) is 13.8. The van der Waals surface area contributed by atoms with Crippen molar-refractivity contribution in [2.45, 2.75) is 126 Å². The minimum absolute atomic E-state index is 0.0452. The summed E-state index contributed by atoms with van der Waals surface area (Å²) in [5, 5.41) is 10.8. The van der Waals surface area contributed by atoms with Crippen LogP contribution in [-0.2, 0) is 0 Å². The Balaban J connectivity index is 1.61. The van der Waals surface area contributed by atoms with Crippen molar-refractivity contribution in [3.8, 4) is 0 Å². The summed E-state index contributed by atoms with van der Waals surface area (Å²) in [6.07, 6.45) is 15.8. The van der Waals surface area contributed by atoms with Crippen LogP contribution < -0.4 is 0 Å². The maximum Gasteiger partial charge on any atom is 0.0594 e. The molecule has 0 amide bonds. The molecule has 3 saturated carbocycles. The zero-order chi connectivity index (χ0) is 22.8. The monoisotopic (exact) mass is 428 g/mol. The summed E-state index contributed by atoms with van der Waals surface area (Å²) in [5.41, 5.74) is 3.09. The lowest BCUT2D eigenvalue weighted by molar-refractivity contribution is -0.118. The van der Waals surface area contributed by atoms with Gasteiger partial charge in [0.1, 0.15) is 0 Å². The first kappa shape index (κ1) is 23.8. The van der Waals surface area contributed by atoms with Crippen LogP contribution in [0.1, 0.15) is 120 Å². The highest BCUT2D eigenvalue weighted by Crippen LogP contribution is 2.73. The maximum atomic E-state index is 10.8. The fraction of sp³-hybridized carbons (Fsp3) is 0.933. The lowest BCUT2D eigenvalue weighted by Crippen LogP contribution is -2.57. The summed E-state index contributed by atoms with van der Waals surface area (Å²) in [4.78, 5) is 0. The third-order valence-electron chi connectivity index (χ3n) is 12.0. The van der Waals surface area contributed by atoms with Gasteiger partial charge in [0.2, 0.25) is 0 Å². The van der Waals surface area contributed by atoms with E-state index in [0.29, 0.717) is 22.2 Å². The topological polar surface area (TPSA) is 20.2 Å². The van der Waals surface area contributed by atoms with Gasteiger partial charge in [-0.25, -0.2) is 0 Å². The van der Waals surface area contributed by atoms with Crippen molar-refractivity contribution in [2.24, 2.45) is 51.2 Å². The largest absolute Gasteiger partial charge is 0.393 e. The van der Waals surface area contributed by atoms with Crippen LogP contribution in [0.2, 0.25) is 0 Å². The Kier molecular flexibility index (Phi) is 6.07. The van der Waals surface area contributed by atoms with Gasteiger partial charge in [0, 0.05) is 0 Å². The van der Waals surface area contributed by atoms with Crippen LogP contribution in [0.5, 0.6) is 0 Å². The van der Waals surface area contributed by atoms with Crippen molar-refractivity contribution < 1.29 is 5.11 Å². The molecule has 1 heteroatoms. The molecule has 4 aliphatic carbocycles. The van der Waals surface area contributed by atoms with E-state index >= 15 is 0 Å². The summed E-state index contributed by atoms with van der Waals surface area (Å²) in [6.45, 7) is 20.0. The van der Waals surface area contributed by atoms with Crippen LogP contribution in [0.15, 0.2) is 11.6 Å². The third-order valence-corrected chi connectivity index (χ3v) is 12.0. The summed E-state index contributed by atoms with van der Waals surface area (Å²) >= 11 is 0. The molecule has 1 nitrogen and oxygen atoms in total. The van der Waals surface area contributed by atoms with E-state index in [2.05, 4.69) is 61.5 Å². The molecule has 178 valence electrons. The van der Waals surface area contributed by atoms with Crippen molar-refractivity contribution in [2.75, 3.05) is 0 Å². The van der Waals surface area contributed by atoms with Gasteiger partial charge in [-0.15, -0.1) is 0 Å². The Morgan fingerprint density at radius 3 is 2.29 bits per heavy atom. The van der Waals surface area contributed by atoms with E-state index in [-0.39, 0.29) is 11.5 Å². The van der Waals surface area contributed by atoms with Crippen LogP contribution in [0.3, 0.4) is 0 Å². The van der Waals surface area contributed by atoms with E-state index in [1.54, 1.807) is 0 Å². The number of aliphatic hydroxyl groups is 1. The smallest absolute Gasteiger partial charge is 0.0594 e. The van der Waals surface area contributed by atoms with Crippen molar-refractivity contribution >= 4 is 0 Å². The molecule has 8 atom stereocenters. The molecular formula is C30H52O. The van der Waals surface area contributed by atoms with Gasteiger partial charge in [-0.05, 0) is 96.2 Å². The molecule has 0 saturated heterocycles. The van der Waals surface area contributed by atoms with E-state index in [0.717, 1.165) is 30.1 Å². The second kappa shape index (κ2) is 7.89. The SMILES string of the molecule is CC(C)CCC[C@@H](C)C1CC[C@@]2(C)C3CC[C@H]4C(C)(C)[C@@H](O)CC[C@]4(C)C3=CC[C@]12C. The predicted octanol–water partition coefficient (Wildman–Crippen LogP) is 8.41. The molecule has 1 N–H and O–H groups in total. The van der Waals surface area contributed by atoms with Crippen molar-refractivity contribution in [3.05, 3.63) is 11.6 Å². The Bertz CT molecular complexity index is 703. The summed E-state index contributed by atoms with van der Waals surface area (Å²) in [6, 6.07) is 0. The number of hydrogen-bond acceptors (Lipinski definition) is 1. The van der Waals surface area contributed by atoms with Crippen LogP contribution in [-0.4, -0.2) is 11.2 Å². The highest BCUT2D eigenvalue weighted by molar-refractivity contribution is 5.32. The van der Waals surface area contributed by atoms with E-state index in [1.807, 2.05) is 5.57 Å². The number of aliphatic hydroxyl groups excluding tert-OH is 1. The molecule has 4 rings (SSSR count). The molecule has 2 unspecified atom stereocenters. The van der Waals surface area contributed by atoms with Gasteiger partial charge in [0.05, 0.1) is 6.10 Å². The van der Waals surface area contributed by atoms with E-state index in [9.17, 15) is 5.11 Å². The molecule has 0 aromatic rings. The molecule has 0 heterocycles. The highest BCUT2D eigenvalue weighted by atomic mass is 16.3. The molecule has 0 radical (unpaired) electrons. The Morgan fingerprint density at radius 2 is 1.61 bits per heavy atom. The summed E-state index contributed by atoms with van der Waals surface area (Å²) in [5.74, 6) is 3.98. The van der Waals surface area contributed by atoms with E-state index < -0.39 is 0 Å². The maximum absolute atomic E-state index is 10.8. The van der Waals surface area contributed by atoms with Crippen molar-refractivity contribution in [1.82, 2.24) is 0 Å². The fourth-order valence-electron chi connectivity index (χ4n) is 9.72. The van der Waals surface area contributed by atoms with Gasteiger partial charge in [-0.3, -0.25) is 0 Å². The number of allylic oxidation sites excluding steroid dienone is 2. The first-order chi connectivity index (χ1) is 14.4. The number of rotatable bonds is 5. The second-order valence-corrected chi connectivity index (χ2v) is 14.1. The quantitative estimate of drug-likeness (QED) is 0.436. The number of hydrogen-bond donors (Lipinski definition) is 1. The average Bonchev–Trinajstić information content (AvgIpc) is 2.96.